The van der Waals surface area contributed by atoms with E-state index in [0.29, 0.717) is 18.5 Å². The third-order valence-electron chi connectivity index (χ3n) is 2.69. The quantitative estimate of drug-likeness (QED) is 0.419. The minimum Gasteiger partial charge on any atom is -0.352 e. The van der Waals surface area contributed by atoms with Crippen LogP contribution in [0.2, 0.25) is 0 Å². The van der Waals surface area contributed by atoms with Crippen molar-refractivity contribution in [3.05, 3.63) is 33.6 Å². The fourth-order valence-corrected chi connectivity index (χ4v) is 1.58. The lowest BCUT2D eigenvalue weighted by atomic mass is 10.1. The van der Waals surface area contributed by atoms with E-state index < -0.39 is 22.3 Å². The van der Waals surface area contributed by atoms with Crippen LogP contribution in [0, 0.1) is 21.8 Å². The van der Waals surface area contributed by atoms with E-state index in [-0.39, 0.29) is 11.3 Å². The molecule has 1 rings (SSSR count). The fraction of sp³-hybridized carbons (Fsp3) is 0.417. The van der Waals surface area contributed by atoms with Crippen LogP contribution in [0.15, 0.2) is 12.1 Å². The third-order valence-corrected chi connectivity index (χ3v) is 2.69. The van der Waals surface area contributed by atoms with Gasteiger partial charge in [-0.05, 0) is 18.4 Å². The molecule has 110 valence electrons. The number of amides is 1. The number of hydrogen-bond donors (Lipinski definition) is 3. The van der Waals surface area contributed by atoms with Crippen molar-refractivity contribution >= 4 is 17.3 Å². The number of nitrogen functional groups attached to an aromatic ring is 1. The minimum atomic E-state index is -0.891. The SMILES string of the molecule is CC(C)CCNC(=O)c1cc(NN)c(F)cc1[N+](=O)[O-]. The zero-order valence-electron chi connectivity index (χ0n) is 11.3. The van der Waals surface area contributed by atoms with E-state index in [2.05, 4.69) is 10.7 Å². The molecule has 1 amide bonds. The van der Waals surface area contributed by atoms with Crippen LogP contribution in [0.25, 0.3) is 0 Å². The molecule has 0 fully saturated rings. The lowest BCUT2D eigenvalue weighted by Gasteiger charge is -2.09. The highest BCUT2D eigenvalue weighted by Crippen LogP contribution is 2.25. The van der Waals surface area contributed by atoms with Crippen molar-refractivity contribution in [2.24, 2.45) is 11.8 Å². The Morgan fingerprint density at radius 1 is 1.50 bits per heavy atom. The molecule has 1 aromatic rings. The number of benzene rings is 1. The Kier molecular flexibility index (Phi) is 5.39. The van der Waals surface area contributed by atoms with Crippen molar-refractivity contribution in [3.63, 3.8) is 0 Å². The number of nitrogens with one attached hydrogen (secondary N) is 2. The molecule has 0 aliphatic carbocycles. The maximum atomic E-state index is 13.4. The summed E-state index contributed by atoms with van der Waals surface area (Å²) in [5.74, 6) is 3.96. The first-order valence-corrected chi connectivity index (χ1v) is 6.09. The molecule has 8 heteroatoms. The lowest BCUT2D eigenvalue weighted by Crippen LogP contribution is -2.26. The fourth-order valence-electron chi connectivity index (χ4n) is 1.58. The van der Waals surface area contributed by atoms with Crippen LogP contribution < -0.4 is 16.6 Å². The third kappa shape index (κ3) is 3.89. The molecular formula is C12H17FN4O3. The number of nitrogens with two attached hydrogens (primary N) is 1. The van der Waals surface area contributed by atoms with Gasteiger partial charge in [-0.1, -0.05) is 13.8 Å². The predicted molar refractivity (Wildman–Crippen MR) is 72.7 cm³/mol. The molecular weight excluding hydrogens is 267 g/mol. The summed E-state index contributed by atoms with van der Waals surface area (Å²) in [5, 5.41) is 13.4. The summed E-state index contributed by atoms with van der Waals surface area (Å²) in [5.41, 5.74) is 1.05. The van der Waals surface area contributed by atoms with Crippen molar-refractivity contribution < 1.29 is 14.1 Å². The number of carbonyl (C=O) groups is 1. The van der Waals surface area contributed by atoms with Crippen molar-refractivity contribution in [1.82, 2.24) is 5.32 Å². The molecule has 7 nitrogen and oxygen atoms in total. The van der Waals surface area contributed by atoms with Gasteiger partial charge in [-0.3, -0.25) is 20.8 Å². The van der Waals surface area contributed by atoms with E-state index in [4.69, 9.17) is 5.84 Å². The predicted octanol–water partition coefficient (Wildman–Crippen LogP) is 1.80. The summed E-state index contributed by atoms with van der Waals surface area (Å²) >= 11 is 0. The highest BCUT2D eigenvalue weighted by molar-refractivity contribution is 5.99. The van der Waals surface area contributed by atoms with Crippen molar-refractivity contribution in [2.75, 3.05) is 12.0 Å². The van der Waals surface area contributed by atoms with Crippen LogP contribution in [0.4, 0.5) is 15.8 Å². The second-order valence-electron chi connectivity index (χ2n) is 4.69. The number of nitro groups is 1. The van der Waals surface area contributed by atoms with Gasteiger partial charge >= 0.3 is 0 Å². The number of carbonyl (C=O) groups excluding carboxylic acids is 1. The highest BCUT2D eigenvalue weighted by atomic mass is 19.1. The first-order valence-electron chi connectivity index (χ1n) is 6.09. The Hall–Kier alpha value is -2.22. The Labute approximate surface area is 115 Å². The molecule has 4 N–H and O–H groups in total. The molecule has 0 saturated heterocycles. The number of halogens is 1. The van der Waals surface area contributed by atoms with E-state index in [1.54, 1.807) is 0 Å². The van der Waals surface area contributed by atoms with Gasteiger partial charge in [0.25, 0.3) is 11.6 Å². The van der Waals surface area contributed by atoms with Gasteiger partial charge in [0.15, 0.2) is 5.82 Å². The maximum Gasteiger partial charge on any atom is 0.285 e. The van der Waals surface area contributed by atoms with Crippen LogP contribution >= 0.6 is 0 Å². The molecule has 0 radical (unpaired) electrons. The number of rotatable bonds is 6. The van der Waals surface area contributed by atoms with Crippen LogP contribution in [0.5, 0.6) is 0 Å². The largest absolute Gasteiger partial charge is 0.352 e. The molecule has 0 bridgehead atoms. The molecule has 0 aliphatic rings. The first-order chi connectivity index (χ1) is 9.36. The number of hydrogen-bond acceptors (Lipinski definition) is 5. The van der Waals surface area contributed by atoms with Crippen molar-refractivity contribution in [3.8, 4) is 0 Å². The molecule has 0 unspecified atom stereocenters. The molecule has 0 spiro atoms. The normalized spacial score (nSPS) is 10.4. The highest BCUT2D eigenvalue weighted by Gasteiger charge is 2.23. The van der Waals surface area contributed by atoms with Crippen LogP contribution in [-0.4, -0.2) is 17.4 Å². The zero-order valence-corrected chi connectivity index (χ0v) is 11.3. The Morgan fingerprint density at radius 2 is 2.15 bits per heavy atom. The number of hydrazine groups is 1. The summed E-state index contributed by atoms with van der Waals surface area (Å²) in [6, 6.07) is 1.70. The smallest absolute Gasteiger partial charge is 0.285 e. The van der Waals surface area contributed by atoms with E-state index >= 15 is 0 Å². The van der Waals surface area contributed by atoms with Crippen molar-refractivity contribution in [2.45, 2.75) is 20.3 Å². The second kappa shape index (κ2) is 6.80. The summed E-state index contributed by atoms with van der Waals surface area (Å²) < 4.78 is 13.4. The molecule has 20 heavy (non-hydrogen) atoms. The number of anilines is 1. The standard InChI is InChI=1S/C12H17FN4O3/c1-7(2)3-4-15-12(18)8-5-10(16-14)9(13)6-11(8)17(19)20/h5-7,16H,3-4,14H2,1-2H3,(H,15,18). The molecule has 0 atom stereocenters. The average molecular weight is 284 g/mol. The summed E-state index contributed by atoms with van der Waals surface area (Å²) in [7, 11) is 0. The lowest BCUT2D eigenvalue weighted by molar-refractivity contribution is -0.385. The van der Waals surface area contributed by atoms with Gasteiger partial charge in [0, 0.05) is 6.54 Å². The molecule has 1 aromatic carbocycles. The van der Waals surface area contributed by atoms with Gasteiger partial charge in [-0.25, -0.2) is 4.39 Å². The van der Waals surface area contributed by atoms with Gasteiger partial charge in [0.05, 0.1) is 16.7 Å². The van der Waals surface area contributed by atoms with E-state index in [0.717, 1.165) is 12.5 Å². The monoisotopic (exact) mass is 284 g/mol. The summed E-state index contributed by atoms with van der Waals surface area (Å²) in [6.07, 6.45) is 0.739. The van der Waals surface area contributed by atoms with E-state index in [9.17, 15) is 19.3 Å². The summed E-state index contributed by atoms with van der Waals surface area (Å²) in [6.45, 7) is 4.36. The van der Waals surface area contributed by atoms with Gasteiger partial charge in [0.1, 0.15) is 5.56 Å². The number of nitro benzene ring substituents is 1. The zero-order chi connectivity index (χ0) is 15.3. The molecule has 0 heterocycles. The van der Waals surface area contributed by atoms with Gasteiger partial charge in [-0.15, -0.1) is 0 Å². The van der Waals surface area contributed by atoms with Gasteiger partial charge < -0.3 is 10.7 Å². The molecule has 0 aromatic heterocycles. The van der Waals surface area contributed by atoms with Crippen molar-refractivity contribution in [1.29, 1.82) is 0 Å². The van der Waals surface area contributed by atoms with Crippen LogP contribution in [-0.2, 0) is 0 Å². The Bertz CT molecular complexity index is 520. The average Bonchev–Trinajstić information content (AvgIpc) is 2.37. The van der Waals surface area contributed by atoms with Gasteiger partial charge in [-0.2, -0.15) is 0 Å². The van der Waals surface area contributed by atoms with E-state index in [1.165, 1.54) is 0 Å². The van der Waals surface area contributed by atoms with Gasteiger partial charge in [0.2, 0.25) is 0 Å². The Morgan fingerprint density at radius 3 is 2.65 bits per heavy atom. The molecule has 0 saturated carbocycles. The van der Waals surface area contributed by atoms with Crippen LogP contribution in [0.1, 0.15) is 30.6 Å². The second-order valence-corrected chi connectivity index (χ2v) is 4.69. The molecule has 0 aliphatic heterocycles. The topological polar surface area (TPSA) is 110 Å². The minimum absolute atomic E-state index is 0.176. The van der Waals surface area contributed by atoms with Crippen LogP contribution in [0.3, 0.4) is 0 Å². The Balaban J connectivity index is 3.02. The number of nitrogens with zero attached hydrogens (tertiary/aromatic N) is 1. The van der Waals surface area contributed by atoms with E-state index in [1.807, 2.05) is 13.8 Å². The maximum absolute atomic E-state index is 13.4. The summed E-state index contributed by atoms with van der Waals surface area (Å²) in [4.78, 5) is 22.0. The first kappa shape index (κ1) is 15.8.